The van der Waals surface area contributed by atoms with Crippen molar-refractivity contribution in [3.63, 3.8) is 0 Å². The molecule has 0 atom stereocenters. The van der Waals surface area contributed by atoms with Crippen LogP contribution >= 0.6 is 0 Å². The molecule has 108 valence electrons. The molecule has 0 saturated heterocycles. The highest BCUT2D eigenvalue weighted by Crippen LogP contribution is 2.18. The largest absolute Gasteiger partial charge is 0.313 e. The van der Waals surface area contributed by atoms with E-state index in [0.717, 1.165) is 24.1 Å². The van der Waals surface area contributed by atoms with Gasteiger partial charge in [-0.1, -0.05) is 19.1 Å². The third kappa shape index (κ3) is 4.58. The lowest BCUT2D eigenvalue weighted by atomic mass is 10.1. The quantitative estimate of drug-likeness (QED) is 0.585. The molecule has 0 unspecified atom stereocenters. The van der Waals surface area contributed by atoms with Crippen molar-refractivity contribution < 1.29 is 8.42 Å². The fourth-order valence-corrected chi connectivity index (χ4v) is 3.20. The molecule has 0 bridgehead atoms. The fraction of sp³-hybridized carbons (Fsp3) is 0.538. The van der Waals surface area contributed by atoms with Gasteiger partial charge in [-0.25, -0.2) is 13.4 Å². The van der Waals surface area contributed by atoms with E-state index >= 15 is 0 Å². The molecule has 2 N–H and O–H groups in total. The van der Waals surface area contributed by atoms with Crippen LogP contribution in [-0.2, 0) is 16.6 Å². The molecule has 0 radical (unpaired) electrons. The van der Waals surface area contributed by atoms with Crippen molar-refractivity contribution in [2.24, 2.45) is 0 Å². The topological polar surface area (TPSA) is 61.4 Å². The lowest BCUT2D eigenvalue weighted by molar-refractivity contribution is 0.364. The highest BCUT2D eigenvalue weighted by atomic mass is 32.2. The third-order valence-corrected chi connectivity index (χ3v) is 4.36. The summed E-state index contributed by atoms with van der Waals surface area (Å²) in [6, 6.07) is 5.36. The number of nitrogens with zero attached hydrogens (tertiary/aromatic N) is 1. The molecule has 19 heavy (non-hydrogen) atoms. The van der Waals surface area contributed by atoms with Gasteiger partial charge in [-0.2, -0.15) is 0 Å². The van der Waals surface area contributed by atoms with Gasteiger partial charge in [-0.15, -0.1) is 4.83 Å². The van der Waals surface area contributed by atoms with Crippen molar-refractivity contribution in [1.82, 2.24) is 15.2 Å². The Morgan fingerprint density at radius 1 is 1.26 bits per heavy atom. The first-order valence-corrected chi connectivity index (χ1v) is 7.85. The van der Waals surface area contributed by atoms with Crippen molar-refractivity contribution in [1.29, 1.82) is 0 Å². The minimum Gasteiger partial charge on any atom is -0.313 e. The van der Waals surface area contributed by atoms with Crippen LogP contribution in [0, 0.1) is 6.92 Å². The predicted octanol–water partition coefficient (Wildman–Crippen LogP) is 1.25. The van der Waals surface area contributed by atoms with Crippen LogP contribution in [0.1, 0.15) is 24.5 Å². The Hall–Kier alpha value is -0.950. The van der Waals surface area contributed by atoms with Gasteiger partial charge in [-0.3, -0.25) is 0 Å². The first kappa shape index (κ1) is 16.1. The van der Waals surface area contributed by atoms with Crippen LogP contribution in [0.5, 0.6) is 0 Å². The van der Waals surface area contributed by atoms with Crippen LogP contribution in [0.3, 0.4) is 0 Å². The minimum atomic E-state index is -3.50. The fourth-order valence-electron chi connectivity index (χ4n) is 1.83. The zero-order valence-electron chi connectivity index (χ0n) is 12.0. The van der Waals surface area contributed by atoms with Crippen molar-refractivity contribution in [2.45, 2.75) is 31.7 Å². The molecule has 0 aliphatic rings. The average molecular weight is 285 g/mol. The Bertz CT molecular complexity index is 513. The number of hydrogen-bond donors (Lipinski definition) is 2. The molecule has 0 aromatic heterocycles. The van der Waals surface area contributed by atoms with Gasteiger partial charge in [-0.05, 0) is 37.1 Å². The number of sulfonamides is 1. The van der Waals surface area contributed by atoms with Gasteiger partial charge in [0.05, 0.1) is 4.90 Å². The highest BCUT2D eigenvalue weighted by molar-refractivity contribution is 7.89. The molecule has 1 aromatic carbocycles. The van der Waals surface area contributed by atoms with E-state index in [4.69, 9.17) is 0 Å². The maximum absolute atomic E-state index is 12.2. The molecule has 5 nitrogen and oxygen atoms in total. The van der Waals surface area contributed by atoms with Crippen molar-refractivity contribution in [3.05, 3.63) is 29.3 Å². The lowest BCUT2D eigenvalue weighted by Gasteiger charge is -2.16. The molecule has 0 aliphatic heterocycles. The van der Waals surface area contributed by atoms with Crippen LogP contribution in [0.2, 0.25) is 0 Å². The summed E-state index contributed by atoms with van der Waals surface area (Å²) in [6.45, 7) is 5.55. The number of nitrogens with one attached hydrogen (secondary N) is 2. The smallest absolute Gasteiger partial charge is 0.253 e. The van der Waals surface area contributed by atoms with Crippen molar-refractivity contribution in [3.8, 4) is 0 Å². The summed E-state index contributed by atoms with van der Waals surface area (Å²) in [7, 11) is -0.191. The van der Waals surface area contributed by atoms with Gasteiger partial charge in [0.2, 0.25) is 0 Å². The second-order valence-corrected chi connectivity index (χ2v) is 6.34. The average Bonchev–Trinajstić information content (AvgIpc) is 2.29. The minimum absolute atomic E-state index is 0.331. The zero-order valence-corrected chi connectivity index (χ0v) is 12.8. The zero-order chi connectivity index (χ0) is 14.5. The Labute approximate surface area is 116 Å². The summed E-state index contributed by atoms with van der Waals surface area (Å²) < 4.78 is 24.3. The third-order valence-electron chi connectivity index (χ3n) is 2.73. The van der Waals surface area contributed by atoms with Crippen LogP contribution in [0.4, 0.5) is 0 Å². The van der Waals surface area contributed by atoms with E-state index in [1.807, 2.05) is 13.0 Å². The van der Waals surface area contributed by atoms with Gasteiger partial charge in [0.1, 0.15) is 0 Å². The van der Waals surface area contributed by atoms with E-state index in [9.17, 15) is 8.42 Å². The Balaban J connectivity index is 3.00. The monoisotopic (exact) mass is 285 g/mol. The van der Waals surface area contributed by atoms with E-state index < -0.39 is 10.0 Å². The Kier molecular flexibility index (Phi) is 5.93. The molecule has 0 spiro atoms. The number of rotatable bonds is 7. The van der Waals surface area contributed by atoms with Crippen LogP contribution in [0.25, 0.3) is 0 Å². The second kappa shape index (κ2) is 7.00. The first-order valence-electron chi connectivity index (χ1n) is 6.37. The summed E-state index contributed by atoms with van der Waals surface area (Å²) in [5, 5.41) is 4.71. The molecule has 1 aromatic rings. The predicted molar refractivity (Wildman–Crippen MR) is 77.2 cm³/mol. The van der Waals surface area contributed by atoms with E-state index in [0.29, 0.717) is 11.4 Å². The summed E-state index contributed by atoms with van der Waals surface area (Å²) in [5.74, 6) is 0. The summed E-state index contributed by atoms with van der Waals surface area (Å²) in [6.07, 6.45) is 1.05. The van der Waals surface area contributed by atoms with Crippen LogP contribution in [-0.4, -0.2) is 34.1 Å². The molecule has 0 fully saturated rings. The summed E-state index contributed by atoms with van der Waals surface area (Å²) in [5.41, 5.74) is 1.80. The van der Waals surface area contributed by atoms with E-state index in [2.05, 4.69) is 17.1 Å². The van der Waals surface area contributed by atoms with Crippen LogP contribution in [0.15, 0.2) is 23.1 Å². The highest BCUT2D eigenvalue weighted by Gasteiger charge is 2.18. The molecule has 0 heterocycles. The molecular weight excluding hydrogens is 262 g/mol. The van der Waals surface area contributed by atoms with Gasteiger partial charge in [0.25, 0.3) is 10.0 Å². The first-order chi connectivity index (χ1) is 8.88. The maximum Gasteiger partial charge on any atom is 0.253 e. The number of benzene rings is 1. The van der Waals surface area contributed by atoms with E-state index in [-0.39, 0.29) is 0 Å². The van der Waals surface area contributed by atoms with Gasteiger partial charge in [0, 0.05) is 20.6 Å². The molecule has 1 rings (SSSR count). The number of hydrazine groups is 1. The van der Waals surface area contributed by atoms with E-state index in [1.165, 1.54) is 5.01 Å². The summed E-state index contributed by atoms with van der Waals surface area (Å²) in [4.78, 5) is 2.79. The van der Waals surface area contributed by atoms with Gasteiger partial charge >= 0.3 is 0 Å². The summed E-state index contributed by atoms with van der Waals surface area (Å²) >= 11 is 0. The molecular formula is C13H23N3O2S. The Morgan fingerprint density at radius 2 is 1.95 bits per heavy atom. The lowest BCUT2D eigenvalue weighted by Crippen LogP contribution is -2.36. The van der Waals surface area contributed by atoms with Gasteiger partial charge in [0.15, 0.2) is 0 Å². The molecule has 0 amide bonds. The van der Waals surface area contributed by atoms with Crippen LogP contribution < -0.4 is 10.1 Å². The normalized spacial score (nSPS) is 12.1. The second-order valence-electron chi connectivity index (χ2n) is 4.71. The molecule has 0 saturated carbocycles. The van der Waals surface area contributed by atoms with Gasteiger partial charge < -0.3 is 5.32 Å². The molecule has 0 aliphatic carbocycles. The Morgan fingerprint density at radius 3 is 2.53 bits per heavy atom. The van der Waals surface area contributed by atoms with E-state index in [1.54, 1.807) is 26.2 Å². The number of hydrogen-bond acceptors (Lipinski definition) is 4. The standard InChI is InChI=1S/C13H23N3O2S/c1-5-9-14-10-12-7-6-8-13(11(12)2)19(17,18)15-16(3)4/h6-8,14-15H,5,9-10H2,1-4H3. The molecule has 6 heteroatoms. The van der Waals surface area contributed by atoms with Crippen molar-refractivity contribution >= 4 is 10.0 Å². The SMILES string of the molecule is CCCNCc1cccc(S(=O)(=O)NN(C)C)c1C. The maximum atomic E-state index is 12.2. The van der Waals surface area contributed by atoms with Crippen molar-refractivity contribution in [2.75, 3.05) is 20.6 Å².